The van der Waals surface area contributed by atoms with Crippen LogP contribution in [0.4, 0.5) is 0 Å². The van der Waals surface area contributed by atoms with Gasteiger partial charge in [-0.25, -0.2) is 0 Å². The van der Waals surface area contributed by atoms with E-state index in [4.69, 9.17) is 0 Å². The average Bonchev–Trinajstić information content (AvgIpc) is 3.94. The number of hydrogen-bond donors (Lipinski definition) is 0. The van der Waals surface area contributed by atoms with Crippen molar-refractivity contribution in [3.8, 4) is 78.1 Å². The lowest BCUT2D eigenvalue weighted by atomic mass is 9.95. The first-order valence-electron chi connectivity index (χ1n) is 23.4. The van der Waals surface area contributed by atoms with Crippen molar-refractivity contribution in [1.82, 2.24) is 9.13 Å². The van der Waals surface area contributed by atoms with E-state index in [9.17, 15) is 0 Å². The summed E-state index contributed by atoms with van der Waals surface area (Å²) in [5.41, 5.74) is 21.5. The monoisotopic (exact) mass is 864 g/mol. The van der Waals surface area contributed by atoms with E-state index in [1.54, 1.807) is 0 Å². The van der Waals surface area contributed by atoms with E-state index in [1.165, 1.54) is 110 Å². The third kappa shape index (κ3) is 6.73. The maximum Gasteiger partial charge on any atom is 0.0547 e. The fraction of sp³-hybridized carbons (Fsp3) is 0. The molecular weight excluding hydrogens is 821 g/mol. The van der Waals surface area contributed by atoms with Crippen molar-refractivity contribution < 1.29 is 0 Å². The van der Waals surface area contributed by atoms with Gasteiger partial charge in [0.05, 0.1) is 22.1 Å². The summed E-state index contributed by atoms with van der Waals surface area (Å²) in [6.45, 7) is 0. The van der Waals surface area contributed by atoms with Gasteiger partial charge in [-0.05, 0) is 127 Å². The Bertz CT molecular complexity index is 3710. The Morgan fingerprint density at radius 3 is 0.897 bits per heavy atom. The molecule has 0 atom stereocenters. The highest BCUT2D eigenvalue weighted by Gasteiger charge is 2.20. The lowest BCUT2D eigenvalue weighted by molar-refractivity contribution is 1.18. The fourth-order valence-electron chi connectivity index (χ4n) is 10.5. The van der Waals surface area contributed by atoms with Crippen molar-refractivity contribution in [3.05, 3.63) is 267 Å². The minimum atomic E-state index is 1.14. The zero-order chi connectivity index (χ0) is 45.0. The molecule has 0 bridgehead atoms. The molecule has 2 heterocycles. The Kier molecular flexibility index (Phi) is 9.54. The molecule has 318 valence electrons. The average molecular weight is 865 g/mol. The molecule has 13 aromatic rings. The first kappa shape index (κ1) is 39.4. The normalized spacial score (nSPS) is 11.5. The van der Waals surface area contributed by atoms with Crippen LogP contribution in [0.3, 0.4) is 0 Å². The van der Waals surface area contributed by atoms with E-state index in [0.717, 1.165) is 11.4 Å². The Morgan fingerprint density at radius 1 is 0.191 bits per heavy atom. The number of aromatic nitrogens is 2. The molecule has 0 spiro atoms. The van der Waals surface area contributed by atoms with Crippen LogP contribution in [0.1, 0.15) is 0 Å². The summed E-state index contributed by atoms with van der Waals surface area (Å²) in [4.78, 5) is 0. The molecule has 0 aliphatic carbocycles. The summed E-state index contributed by atoms with van der Waals surface area (Å²) in [7, 11) is 0. The minimum absolute atomic E-state index is 1.14. The van der Waals surface area contributed by atoms with Gasteiger partial charge in [-0.1, -0.05) is 206 Å². The van der Waals surface area contributed by atoms with Crippen LogP contribution in [0, 0.1) is 0 Å². The summed E-state index contributed by atoms with van der Waals surface area (Å²) in [6.07, 6.45) is 0. The van der Waals surface area contributed by atoms with Crippen LogP contribution >= 0.6 is 0 Å². The van der Waals surface area contributed by atoms with Crippen LogP contribution < -0.4 is 0 Å². The number of fused-ring (bicyclic) bond motifs is 6. The number of nitrogens with zero attached hydrogens (tertiary/aromatic N) is 2. The van der Waals surface area contributed by atoms with E-state index in [-0.39, 0.29) is 0 Å². The van der Waals surface area contributed by atoms with E-state index < -0.39 is 0 Å². The SMILES string of the molecule is c1ccc(-c2cccc(-n3c4ccc(-c5ccc(-c6ccc7c(c6)c6c(-c8ccccc8)cccc6n7-c6cccc(-c7ccccc7)c6)cc5)cc4c4c(-c5ccccc5)cccc43)c2)cc1. The Balaban J connectivity index is 0.935. The highest BCUT2D eigenvalue weighted by Crippen LogP contribution is 2.43. The van der Waals surface area contributed by atoms with E-state index in [0.29, 0.717) is 0 Å². The zero-order valence-electron chi connectivity index (χ0n) is 37.3. The molecule has 0 radical (unpaired) electrons. The molecular formula is C66H44N2. The molecule has 0 N–H and O–H groups in total. The van der Waals surface area contributed by atoms with E-state index in [1.807, 2.05) is 0 Å². The van der Waals surface area contributed by atoms with Crippen LogP contribution in [-0.2, 0) is 0 Å². The van der Waals surface area contributed by atoms with Crippen molar-refractivity contribution in [2.45, 2.75) is 0 Å². The molecule has 0 saturated heterocycles. The second-order valence-electron chi connectivity index (χ2n) is 17.7. The molecule has 13 rings (SSSR count). The second kappa shape index (κ2) is 16.5. The molecule has 11 aromatic carbocycles. The summed E-state index contributed by atoms with van der Waals surface area (Å²) < 4.78 is 4.87. The Morgan fingerprint density at radius 2 is 0.500 bits per heavy atom. The summed E-state index contributed by atoms with van der Waals surface area (Å²) >= 11 is 0. The predicted octanol–water partition coefficient (Wildman–Crippen LogP) is 17.9. The van der Waals surface area contributed by atoms with Crippen LogP contribution in [0.15, 0.2) is 267 Å². The lowest BCUT2D eigenvalue weighted by Crippen LogP contribution is -1.94. The standard InChI is InChI=1S/C66H44N2/c1-5-17-45(18-6-1)51-25-13-27-55(41-51)67-61-39-37-53(43-59(61)65-57(29-15-31-63(65)67)49-21-9-3-10-22-49)47-33-35-48(36-34-47)54-38-40-62-60(44-54)66-58(50-23-11-4-12-24-50)30-16-32-64(66)68(62)56-28-14-26-52(42-56)46-19-7-2-8-20-46/h1-44H. The molecule has 0 aliphatic heterocycles. The van der Waals surface area contributed by atoms with Crippen molar-refractivity contribution in [3.63, 3.8) is 0 Å². The van der Waals surface area contributed by atoms with Gasteiger partial charge in [0.2, 0.25) is 0 Å². The van der Waals surface area contributed by atoms with Gasteiger partial charge < -0.3 is 9.13 Å². The van der Waals surface area contributed by atoms with E-state index in [2.05, 4.69) is 276 Å². The fourth-order valence-corrected chi connectivity index (χ4v) is 10.5. The van der Waals surface area contributed by atoms with Crippen LogP contribution in [0.25, 0.3) is 122 Å². The summed E-state index contributed by atoms with van der Waals surface area (Å²) in [5.74, 6) is 0. The third-order valence-electron chi connectivity index (χ3n) is 13.7. The molecule has 0 saturated carbocycles. The number of benzene rings is 11. The number of rotatable bonds is 8. The molecule has 2 heteroatoms. The molecule has 0 aliphatic rings. The van der Waals surface area contributed by atoms with Gasteiger partial charge in [-0.3, -0.25) is 0 Å². The van der Waals surface area contributed by atoms with Gasteiger partial charge in [-0.2, -0.15) is 0 Å². The largest absolute Gasteiger partial charge is 0.309 e. The first-order valence-corrected chi connectivity index (χ1v) is 23.4. The molecule has 2 aromatic heterocycles. The van der Waals surface area contributed by atoms with Crippen molar-refractivity contribution in [1.29, 1.82) is 0 Å². The Hall–Kier alpha value is -8.98. The van der Waals surface area contributed by atoms with Crippen molar-refractivity contribution in [2.75, 3.05) is 0 Å². The smallest absolute Gasteiger partial charge is 0.0547 e. The maximum atomic E-state index is 2.44. The molecule has 0 amide bonds. The van der Waals surface area contributed by atoms with Crippen LogP contribution in [0.2, 0.25) is 0 Å². The van der Waals surface area contributed by atoms with Gasteiger partial charge in [0.1, 0.15) is 0 Å². The van der Waals surface area contributed by atoms with Gasteiger partial charge in [0, 0.05) is 32.9 Å². The third-order valence-corrected chi connectivity index (χ3v) is 13.7. The van der Waals surface area contributed by atoms with Gasteiger partial charge in [0.25, 0.3) is 0 Å². The molecule has 0 fully saturated rings. The topological polar surface area (TPSA) is 9.86 Å². The quantitative estimate of drug-likeness (QED) is 0.144. The van der Waals surface area contributed by atoms with Gasteiger partial charge >= 0.3 is 0 Å². The zero-order valence-corrected chi connectivity index (χ0v) is 37.3. The van der Waals surface area contributed by atoms with E-state index >= 15 is 0 Å². The van der Waals surface area contributed by atoms with Crippen molar-refractivity contribution in [2.24, 2.45) is 0 Å². The summed E-state index contributed by atoms with van der Waals surface area (Å²) in [6, 6.07) is 97.3. The summed E-state index contributed by atoms with van der Waals surface area (Å²) in [5, 5.41) is 4.98. The molecule has 0 unspecified atom stereocenters. The van der Waals surface area contributed by atoms with Crippen LogP contribution in [0.5, 0.6) is 0 Å². The Labute approximate surface area is 395 Å². The lowest BCUT2D eigenvalue weighted by Gasteiger charge is -2.11. The highest BCUT2D eigenvalue weighted by atomic mass is 15.0. The highest BCUT2D eigenvalue weighted by molar-refractivity contribution is 6.18. The second-order valence-corrected chi connectivity index (χ2v) is 17.7. The van der Waals surface area contributed by atoms with Gasteiger partial charge in [-0.15, -0.1) is 0 Å². The molecule has 2 nitrogen and oxygen atoms in total. The van der Waals surface area contributed by atoms with Crippen LogP contribution in [-0.4, -0.2) is 9.13 Å². The maximum absolute atomic E-state index is 2.44. The van der Waals surface area contributed by atoms with Gasteiger partial charge in [0.15, 0.2) is 0 Å². The number of hydrogen-bond acceptors (Lipinski definition) is 0. The predicted molar refractivity (Wildman–Crippen MR) is 288 cm³/mol. The van der Waals surface area contributed by atoms with Crippen molar-refractivity contribution >= 4 is 43.6 Å². The first-order chi connectivity index (χ1) is 33.7. The minimum Gasteiger partial charge on any atom is -0.309 e. The molecule has 68 heavy (non-hydrogen) atoms.